The van der Waals surface area contributed by atoms with Crippen molar-refractivity contribution >= 4 is 33.5 Å². The van der Waals surface area contributed by atoms with Gasteiger partial charge in [0.15, 0.2) is 0 Å². The lowest BCUT2D eigenvalue weighted by Crippen LogP contribution is -2.25. The summed E-state index contributed by atoms with van der Waals surface area (Å²) in [5.74, 6) is 0.540. The van der Waals surface area contributed by atoms with Crippen LogP contribution >= 0.6 is 0 Å². The molecule has 144 valence electrons. The summed E-state index contributed by atoms with van der Waals surface area (Å²) < 4.78 is 5.10. The average molecular weight is 386 g/mol. The van der Waals surface area contributed by atoms with Gasteiger partial charge in [0.05, 0.1) is 34.8 Å². The number of carbonyl (C=O) groups excluding carboxylic acids is 1. The molecule has 3 heterocycles. The van der Waals surface area contributed by atoms with Gasteiger partial charge in [-0.1, -0.05) is 12.1 Å². The van der Waals surface area contributed by atoms with E-state index in [0.717, 1.165) is 22.4 Å². The molecule has 1 amide bonds. The zero-order valence-electron chi connectivity index (χ0n) is 16.0. The van der Waals surface area contributed by atoms with Gasteiger partial charge in [-0.2, -0.15) is 5.10 Å². The van der Waals surface area contributed by atoms with E-state index in [1.807, 2.05) is 35.9 Å². The molecule has 0 aliphatic heterocycles. The fourth-order valence-corrected chi connectivity index (χ4v) is 3.67. The molecule has 5 aromatic rings. The third kappa shape index (κ3) is 2.60. The minimum atomic E-state index is -0.230. The predicted octanol–water partition coefficient (Wildman–Crippen LogP) is 2.00. The Kier molecular flexibility index (Phi) is 3.73. The average Bonchev–Trinajstić information content (AvgIpc) is 3.35. The molecule has 8 nitrogen and oxygen atoms in total. The topological polar surface area (TPSA) is 86.2 Å². The summed E-state index contributed by atoms with van der Waals surface area (Å²) in [4.78, 5) is 29.8. The van der Waals surface area contributed by atoms with Crippen LogP contribution in [0.15, 0.2) is 59.5 Å². The van der Waals surface area contributed by atoms with E-state index >= 15 is 0 Å². The molecule has 2 aromatic carbocycles. The monoisotopic (exact) mass is 386 g/mol. The molecule has 0 spiro atoms. The SMILES string of the molecule is Cn1c(CNC(=O)c2ccc3c(c2)n(C)c(=O)c2ccnn23)nc2ccccc21. The van der Waals surface area contributed by atoms with Crippen LogP contribution in [0.25, 0.3) is 27.6 Å². The Bertz CT molecular complexity index is 1470. The van der Waals surface area contributed by atoms with E-state index in [9.17, 15) is 9.59 Å². The number of imidazole rings is 1. The van der Waals surface area contributed by atoms with Crippen molar-refractivity contribution in [1.29, 1.82) is 0 Å². The van der Waals surface area contributed by atoms with Crippen LogP contribution in [-0.4, -0.2) is 29.6 Å². The van der Waals surface area contributed by atoms with Crippen LogP contribution in [0.3, 0.4) is 0 Å². The van der Waals surface area contributed by atoms with Crippen molar-refractivity contribution in [3.8, 4) is 0 Å². The quantitative estimate of drug-likeness (QED) is 0.514. The highest BCUT2D eigenvalue weighted by atomic mass is 16.1. The van der Waals surface area contributed by atoms with E-state index in [0.29, 0.717) is 23.1 Å². The molecule has 0 unspecified atom stereocenters. The molecule has 0 saturated carbocycles. The second-order valence-corrected chi connectivity index (χ2v) is 6.95. The maximum Gasteiger partial charge on any atom is 0.276 e. The molecule has 8 heteroatoms. The van der Waals surface area contributed by atoms with Crippen molar-refractivity contribution in [2.24, 2.45) is 14.1 Å². The summed E-state index contributed by atoms with van der Waals surface area (Å²) >= 11 is 0. The Labute approximate surface area is 165 Å². The zero-order valence-corrected chi connectivity index (χ0v) is 16.0. The van der Waals surface area contributed by atoms with E-state index in [1.165, 1.54) is 4.57 Å². The van der Waals surface area contributed by atoms with Crippen molar-refractivity contribution in [2.45, 2.75) is 6.54 Å². The number of rotatable bonds is 3. The number of fused-ring (bicyclic) bond motifs is 4. The Morgan fingerprint density at radius 2 is 1.79 bits per heavy atom. The summed E-state index contributed by atoms with van der Waals surface area (Å²) in [6.07, 6.45) is 1.59. The molecular formula is C21H18N6O2. The molecule has 0 atom stereocenters. The van der Waals surface area contributed by atoms with Crippen LogP contribution in [0.1, 0.15) is 16.2 Å². The first-order valence-corrected chi connectivity index (χ1v) is 9.19. The first-order valence-electron chi connectivity index (χ1n) is 9.19. The molecule has 1 N–H and O–H groups in total. The highest BCUT2D eigenvalue weighted by Gasteiger charge is 2.14. The van der Waals surface area contributed by atoms with Crippen molar-refractivity contribution in [2.75, 3.05) is 0 Å². The molecule has 29 heavy (non-hydrogen) atoms. The van der Waals surface area contributed by atoms with Crippen LogP contribution in [0.4, 0.5) is 0 Å². The van der Waals surface area contributed by atoms with Crippen LogP contribution in [0.5, 0.6) is 0 Å². The maximum absolute atomic E-state index is 12.7. The number of nitrogens with zero attached hydrogens (tertiary/aromatic N) is 5. The van der Waals surface area contributed by atoms with E-state index < -0.39 is 0 Å². The zero-order chi connectivity index (χ0) is 20.1. The lowest BCUT2D eigenvalue weighted by molar-refractivity contribution is 0.0949. The lowest BCUT2D eigenvalue weighted by Gasteiger charge is -2.10. The van der Waals surface area contributed by atoms with Gasteiger partial charge in [0.1, 0.15) is 11.3 Å². The Hall–Kier alpha value is -3.94. The molecular weight excluding hydrogens is 368 g/mol. The minimum Gasteiger partial charge on any atom is -0.345 e. The van der Waals surface area contributed by atoms with E-state index in [1.54, 1.807) is 42.0 Å². The maximum atomic E-state index is 12.7. The lowest BCUT2D eigenvalue weighted by atomic mass is 10.1. The highest BCUT2D eigenvalue weighted by molar-refractivity contribution is 5.97. The van der Waals surface area contributed by atoms with Gasteiger partial charge < -0.3 is 14.5 Å². The second kappa shape index (κ2) is 6.30. The molecule has 0 saturated heterocycles. The van der Waals surface area contributed by atoms with Crippen LogP contribution in [-0.2, 0) is 20.6 Å². The largest absolute Gasteiger partial charge is 0.345 e. The molecule has 5 rings (SSSR count). The van der Waals surface area contributed by atoms with Crippen molar-refractivity contribution in [3.05, 3.63) is 76.5 Å². The summed E-state index contributed by atoms with van der Waals surface area (Å²) in [5.41, 5.74) is 4.12. The molecule has 0 fully saturated rings. The Morgan fingerprint density at radius 3 is 2.62 bits per heavy atom. The smallest absolute Gasteiger partial charge is 0.276 e. The van der Waals surface area contributed by atoms with Gasteiger partial charge in [-0.3, -0.25) is 9.59 Å². The van der Waals surface area contributed by atoms with E-state index in [-0.39, 0.29) is 11.5 Å². The van der Waals surface area contributed by atoms with E-state index in [2.05, 4.69) is 15.4 Å². The highest BCUT2D eigenvalue weighted by Crippen LogP contribution is 2.17. The van der Waals surface area contributed by atoms with Crippen LogP contribution in [0.2, 0.25) is 0 Å². The Balaban J connectivity index is 1.48. The minimum absolute atomic E-state index is 0.160. The normalized spacial score (nSPS) is 11.5. The third-order valence-electron chi connectivity index (χ3n) is 5.28. The number of hydrogen-bond acceptors (Lipinski definition) is 4. The summed E-state index contributed by atoms with van der Waals surface area (Å²) in [5, 5.41) is 7.14. The molecule has 3 aromatic heterocycles. The van der Waals surface area contributed by atoms with Gasteiger partial charge in [0.25, 0.3) is 11.5 Å². The number of nitrogens with one attached hydrogen (secondary N) is 1. The number of para-hydroxylation sites is 2. The van der Waals surface area contributed by atoms with Crippen molar-refractivity contribution in [1.82, 2.24) is 29.0 Å². The number of hydrogen-bond donors (Lipinski definition) is 1. The van der Waals surface area contributed by atoms with Gasteiger partial charge in [-0.25, -0.2) is 9.50 Å². The fraction of sp³-hybridized carbons (Fsp3) is 0.143. The first kappa shape index (κ1) is 17.2. The molecule has 0 aliphatic rings. The Morgan fingerprint density at radius 1 is 0.966 bits per heavy atom. The van der Waals surface area contributed by atoms with E-state index in [4.69, 9.17) is 0 Å². The molecule has 0 aliphatic carbocycles. The molecule has 0 bridgehead atoms. The van der Waals surface area contributed by atoms with Crippen LogP contribution in [0, 0.1) is 0 Å². The van der Waals surface area contributed by atoms with Gasteiger partial charge >= 0.3 is 0 Å². The van der Waals surface area contributed by atoms with Gasteiger partial charge in [-0.15, -0.1) is 0 Å². The number of amides is 1. The second-order valence-electron chi connectivity index (χ2n) is 6.95. The van der Waals surface area contributed by atoms with Crippen molar-refractivity contribution < 1.29 is 4.79 Å². The molecule has 0 radical (unpaired) electrons. The summed E-state index contributed by atoms with van der Waals surface area (Å²) in [6, 6.07) is 14.8. The van der Waals surface area contributed by atoms with Gasteiger partial charge in [0, 0.05) is 19.7 Å². The van der Waals surface area contributed by atoms with Gasteiger partial charge in [-0.05, 0) is 36.4 Å². The standard InChI is InChI=1S/C21H18N6O2/c1-25-15-6-4-3-5-14(15)24-19(25)12-22-20(28)13-7-8-16-18(11-13)26(2)21(29)17-9-10-23-27(16)17/h3-11H,12H2,1-2H3,(H,22,28). The van der Waals surface area contributed by atoms with Gasteiger partial charge in [0.2, 0.25) is 0 Å². The summed E-state index contributed by atoms with van der Waals surface area (Å²) in [7, 11) is 3.62. The number of carbonyl (C=O) groups is 1. The van der Waals surface area contributed by atoms with Crippen LogP contribution < -0.4 is 10.9 Å². The number of benzene rings is 2. The third-order valence-corrected chi connectivity index (χ3v) is 5.28. The van der Waals surface area contributed by atoms with Crippen molar-refractivity contribution in [3.63, 3.8) is 0 Å². The summed E-state index contributed by atoms with van der Waals surface area (Å²) in [6.45, 7) is 0.305. The fourth-order valence-electron chi connectivity index (χ4n) is 3.67. The first-order chi connectivity index (χ1) is 14.0. The predicted molar refractivity (Wildman–Crippen MR) is 110 cm³/mol. The number of aromatic nitrogens is 5. The number of aryl methyl sites for hydroxylation is 2.